The molecule has 0 spiro atoms. The predicted molar refractivity (Wildman–Crippen MR) is 81.9 cm³/mol. The summed E-state index contributed by atoms with van der Waals surface area (Å²) in [6.45, 7) is 6.75. The molecule has 3 nitrogen and oxygen atoms in total. The molecule has 2 rings (SSSR count). The van der Waals surface area contributed by atoms with E-state index in [-0.39, 0.29) is 0 Å². The van der Waals surface area contributed by atoms with Gasteiger partial charge in [0.2, 0.25) is 0 Å². The molecular formula is C17H23NO2. The Labute approximate surface area is 121 Å². The molecule has 0 saturated carbocycles. The van der Waals surface area contributed by atoms with Gasteiger partial charge in [0.25, 0.3) is 0 Å². The van der Waals surface area contributed by atoms with E-state index in [2.05, 4.69) is 25.2 Å². The van der Waals surface area contributed by atoms with E-state index in [0.717, 1.165) is 55.2 Å². The summed E-state index contributed by atoms with van der Waals surface area (Å²) in [5, 5.41) is 3.38. The highest BCUT2D eigenvalue weighted by atomic mass is 16.5. The van der Waals surface area contributed by atoms with Crippen molar-refractivity contribution < 1.29 is 9.15 Å². The van der Waals surface area contributed by atoms with E-state index in [1.165, 1.54) is 0 Å². The number of benzene rings is 1. The van der Waals surface area contributed by atoms with Gasteiger partial charge in [0.05, 0.1) is 19.4 Å². The van der Waals surface area contributed by atoms with Crippen LogP contribution in [-0.4, -0.2) is 13.2 Å². The Balaban J connectivity index is 2.20. The molecule has 3 heteroatoms. The summed E-state index contributed by atoms with van der Waals surface area (Å²) < 4.78 is 11.4. The molecule has 0 aliphatic carbocycles. The maximum Gasteiger partial charge on any atom is 0.127 e. The molecule has 1 heterocycles. The zero-order valence-corrected chi connectivity index (χ0v) is 12.3. The van der Waals surface area contributed by atoms with E-state index in [0.29, 0.717) is 0 Å². The normalized spacial score (nSPS) is 10.7. The van der Waals surface area contributed by atoms with E-state index >= 15 is 0 Å². The van der Waals surface area contributed by atoms with Gasteiger partial charge in [0.15, 0.2) is 0 Å². The fourth-order valence-electron chi connectivity index (χ4n) is 2.12. The average molecular weight is 273 g/mol. The van der Waals surface area contributed by atoms with Crippen molar-refractivity contribution in [2.75, 3.05) is 13.2 Å². The molecule has 0 amide bonds. The number of ether oxygens (including phenoxy) is 1. The van der Waals surface area contributed by atoms with Crippen molar-refractivity contribution in [1.29, 1.82) is 0 Å². The Hall–Kier alpha value is -1.74. The smallest absolute Gasteiger partial charge is 0.127 e. The standard InChI is InChI=1S/C17H23NO2/c1-3-10-18-13-17-15(9-12-20-17)14-7-5-6-8-16(14)19-11-4-2/h5-9,12,18H,3-4,10-11,13H2,1-2H3. The maximum atomic E-state index is 5.83. The van der Waals surface area contributed by atoms with Crippen molar-refractivity contribution in [2.24, 2.45) is 0 Å². The summed E-state index contributed by atoms with van der Waals surface area (Å²) in [5.41, 5.74) is 2.21. The van der Waals surface area contributed by atoms with Gasteiger partial charge in [0.1, 0.15) is 11.5 Å². The van der Waals surface area contributed by atoms with Crippen LogP contribution in [0, 0.1) is 0 Å². The topological polar surface area (TPSA) is 34.4 Å². The summed E-state index contributed by atoms with van der Waals surface area (Å²) in [5.74, 6) is 1.89. The third-order valence-electron chi connectivity index (χ3n) is 3.10. The summed E-state index contributed by atoms with van der Waals surface area (Å²) in [6.07, 6.45) is 3.87. The van der Waals surface area contributed by atoms with E-state index in [9.17, 15) is 0 Å². The molecule has 1 aromatic carbocycles. The van der Waals surface area contributed by atoms with E-state index in [1.807, 2.05) is 24.3 Å². The predicted octanol–water partition coefficient (Wildman–Crippen LogP) is 4.24. The summed E-state index contributed by atoms with van der Waals surface area (Å²) in [4.78, 5) is 0. The molecule has 1 aromatic heterocycles. The quantitative estimate of drug-likeness (QED) is 0.731. The average Bonchev–Trinajstić information content (AvgIpc) is 2.94. The summed E-state index contributed by atoms with van der Waals surface area (Å²) in [6, 6.07) is 10.1. The molecule has 1 N–H and O–H groups in total. The number of para-hydroxylation sites is 1. The molecule has 20 heavy (non-hydrogen) atoms. The number of hydrogen-bond acceptors (Lipinski definition) is 3. The molecule has 0 aliphatic heterocycles. The van der Waals surface area contributed by atoms with Crippen LogP contribution in [0.5, 0.6) is 5.75 Å². The van der Waals surface area contributed by atoms with Gasteiger partial charge in [-0.05, 0) is 31.5 Å². The third kappa shape index (κ3) is 3.64. The number of hydrogen-bond donors (Lipinski definition) is 1. The minimum Gasteiger partial charge on any atom is -0.493 e. The van der Waals surface area contributed by atoms with Crippen LogP contribution in [0.2, 0.25) is 0 Å². The van der Waals surface area contributed by atoms with Crippen LogP contribution in [0.1, 0.15) is 32.4 Å². The van der Waals surface area contributed by atoms with Crippen molar-refractivity contribution >= 4 is 0 Å². The Morgan fingerprint density at radius 3 is 2.70 bits per heavy atom. The lowest BCUT2D eigenvalue weighted by atomic mass is 10.1. The second-order valence-corrected chi connectivity index (χ2v) is 4.78. The van der Waals surface area contributed by atoms with Gasteiger partial charge in [0, 0.05) is 11.1 Å². The van der Waals surface area contributed by atoms with Gasteiger partial charge in [-0.15, -0.1) is 0 Å². The van der Waals surface area contributed by atoms with Crippen molar-refractivity contribution in [3.8, 4) is 16.9 Å². The van der Waals surface area contributed by atoms with Gasteiger partial charge in [-0.25, -0.2) is 0 Å². The molecule has 0 atom stereocenters. The van der Waals surface area contributed by atoms with Crippen LogP contribution in [0.25, 0.3) is 11.1 Å². The Morgan fingerprint density at radius 1 is 1.05 bits per heavy atom. The van der Waals surface area contributed by atoms with E-state index in [4.69, 9.17) is 9.15 Å². The molecule has 0 aliphatic rings. The largest absolute Gasteiger partial charge is 0.493 e. The minimum atomic E-state index is 0.734. The van der Waals surface area contributed by atoms with E-state index < -0.39 is 0 Å². The number of furan rings is 1. The lowest BCUT2D eigenvalue weighted by Gasteiger charge is -2.11. The first-order chi connectivity index (χ1) is 9.86. The molecule has 2 aromatic rings. The van der Waals surface area contributed by atoms with Crippen molar-refractivity contribution in [3.05, 3.63) is 42.4 Å². The Kier molecular flexibility index (Phi) is 5.69. The van der Waals surface area contributed by atoms with Gasteiger partial charge in [-0.1, -0.05) is 32.0 Å². The molecule has 0 bridgehead atoms. The van der Waals surface area contributed by atoms with Crippen molar-refractivity contribution in [1.82, 2.24) is 5.32 Å². The molecule has 0 unspecified atom stereocenters. The molecule has 0 saturated heterocycles. The van der Waals surface area contributed by atoms with Crippen LogP contribution in [0.4, 0.5) is 0 Å². The van der Waals surface area contributed by atoms with Gasteiger partial charge >= 0.3 is 0 Å². The third-order valence-corrected chi connectivity index (χ3v) is 3.10. The zero-order chi connectivity index (χ0) is 14.2. The fraction of sp³-hybridized carbons (Fsp3) is 0.412. The lowest BCUT2D eigenvalue weighted by molar-refractivity contribution is 0.318. The first-order valence-electron chi connectivity index (χ1n) is 7.36. The van der Waals surface area contributed by atoms with Crippen LogP contribution < -0.4 is 10.1 Å². The first-order valence-corrected chi connectivity index (χ1v) is 7.36. The highest BCUT2D eigenvalue weighted by Gasteiger charge is 2.12. The van der Waals surface area contributed by atoms with Crippen LogP contribution in [-0.2, 0) is 6.54 Å². The Morgan fingerprint density at radius 2 is 1.90 bits per heavy atom. The summed E-state index contributed by atoms with van der Waals surface area (Å²) in [7, 11) is 0. The van der Waals surface area contributed by atoms with Crippen LogP contribution in [0.3, 0.4) is 0 Å². The molecule has 108 valence electrons. The van der Waals surface area contributed by atoms with Gasteiger partial charge < -0.3 is 14.5 Å². The van der Waals surface area contributed by atoms with Gasteiger partial charge in [-0.2, -0.15) is 0 Å². The van der Waals surface area contributed by atoms with Gasteiger partial charge in [-0.3, -0.25) is 0 Å². The lowest BCUT2D eigenvalue weighted by Crippen LogP contribution is -2.13. The van der Waals surface area contributed by atoms with Crippen molar-refractivity contribution in [2.45, 2.75) is 33.2 Å². The second kappa shape index (κ2) is 7.75. The number of rotatable bonds is 8. The fourth-order valence-corrected chi connectivity index (χ4v) is 2.12. The second-order valence-electron chi connectivity index (χ2n) is 4.78. The van der Waals surface area contributed by atoms with E-state index in [1.54, 1.807) is 6.26 Å². The Bertz CT molecular complexity index is 519. The van der Waals surface area contributed by atoms with Crippen LogP contribution in [0.15, 0.2) is 41.0 Å². The molecule has 0 radical (unpaired) electrons. The SMILES string of the molecule is CCCNCc1occc1-c1ccccc1OCCC. The maximum absolute atomic E-state index is 5.83. The highest BCUT2D eigenvalue weighted by Crippen LogP contribution is 2.33. The molecular weight excluding hydrogens is 250 g/mol. The molecule has 0 fully saturated rings. The summed E-state index contributed by atoms with van der Waals surface area (Å²) >= 11 is 0. The zero-order valence-electron chi connectivity index (χ0n) is 12.3. The monoisotopic (exact) mass is 273 g/mol. The van der Waals surface area contributed by atoms with Crippen molar-refractivity contribution in [3.63, 3.8) is 0 Å². The highest BCUT2D eigenvalue weighted by molar-refractivity contribution is 5.71. The van der Waals surface area contributed by atoms with Crippen LogP contribution >= 0.6 is 0 Å². The number of nitrogens with one attached hydrogen (secondary N) is 1. The first kappa shape index (κ1) is 14.7. The minimum absolute atomic E-state index is 0.734.